The lowest BCUT2D eigenvalue weighted by molar-refractivity contribution is -0.124. The van der Waals surface area contributed by atoms with Gasteiger partial charge < -0.3 is 4.74 Å². The van der Waals surface area contributed by atoms with Crippen LogP contribution in [0.4, 0.5) is 5.95 Å². The fourth-order valence-corrected chi connectivity index (χ4v) is 4.79. The van der Waals surface area contributed by atoms with Crippen LogP contribution in [0.2, 0.25) is 0 Å². The molecule has 9 nitrogen and oxygen atoms in total. The molecule has 0 spiro atoms. The lowest BCUT2D eigenvalue weighted by atomic mass is 9.85. The van der Waals surface area contributed by atoms with Gasteiger partial charge in [-0.3, -0.25) is 24.7 Å². The van der Waals surface area contributed by atoms with E-state index in [0.717, 1.165) is 0 Å². The van der Waals surface area contributed by atoms with Gasteiger partial charge in [-0.2, -0.15) is 15.0 Å². The zero-order valence-electron chi connectivity index (χ0n) is 20.6. The molecule has 2 aliphatic rings. The van der Waals surface area contributed by atoms with Crippen LogP contribution in [-0.2, 0) is 9.59 Å². The van der Waals surface area contributed by atoms with Crippen molar-refractivity contribution in [1.29, 1.82) is 0 Å². The Labute approximate surface area is 185 Å². The van der Waals surface area contributed by atoms with Crippen molar-refractivity contribution in [3.05, 3.63) is 5.82 Å². The molecule has 31 heavy (non-hydrogen) atoms. The number of nitrogens with one attached hydrogen (secondary N) is 1. The molecule has 2 saturated heterocycles. The number of ketones is 1. The van der Waals surface area contributed by atoms with Crippen molar-refractivity contribution in [2.75, 3.05) is 11.9 Å². The Morgan fingerprint density at radius 1 is 0.968 bits per heavy atom. The minimum atomic E-state index is -0.778. The standard InChI is InChI=1S/C22H36N6O3/c1-12(2)31-18-24-15(13-14(29)21(7,8)27(11)20(13,5)6)23-17(25-18)28-16(30)19(3,4)26-22(28,9)10/h12-13,26H,1-11H3. The number of likely N-dealkylation sites (N-methyl/N-ethyl adjacent to an activating group) is 1. The Balaban J connectivity index is 2.20. The monoisotopic (exact) mass is 432 g/mol. The van der Waals surface area contributed by atoms with E-state index < -0.39 is 28.2 Å². The minimum absolute atomic E-state index is 0.0260. The second kappa shape index (κ2) is 6.93. The van der Waals surface area contributed by atoms with Crippen molar-refractivity contribution in [1.82, 2.24) is 25.2 Å². The molecule has 0 bridgehead atoms. The van der Waals surface area contributed by atoms with E-state index in [0.29, 0.717) is 5.82 Å². The van der Waals surface area contributed by atoms with Crippen LogP contribution in [0, 0.1) is 0 Å². The van der Waals surface area contributed by atoms with Crippen LogP contribution in [0.3, 0.4) is 0 Å². The topological polar surface area (TPSA) is 101 Å². The maximum Gasteiger partial charge on any atom is 0.321 e. The van der Waals surface area contributed by atoms with Crippen molar-refractivity contribution in [3.63, 3.8) is 0 Å². The molecule has 1 aromatic heterocycles. The molecule has 1 amide bonds. The van der Waals surface area contributed by atoms with E-state index in [4.69, 9.17) is 4.74 Å². The molecule has 0 aromatic carbocycles. The number of Topliss-reactive ketones (excluding diaryl/α,β-unsaturated/α-hetero) is 1. The Bertz CT molecular complexity index is 922. The highest BCUT2D eigenvalue weighted by Gasteiger charge is 2.58. The van der Waals surface area contributed by atoms with Gasteiger partial charge in [-0.15, -0.1) is 0 Å². The second-order valence-corrected chi connectivity index (χ2v) is 11.0. The zero-order chi connectivity index (χ0) is 23.7. The first-order valence-corrected chi connectivity index (χ1v) is 10.8. The Hall–Kier alpha value is -2.13. The number of rotatable bonds is 4. The number of nitrogens with zero attached hydrogens (tertiary/aromatic N) is 5. The average Bonchev–Trinajstić information content (AvgIpc) is 2.82. The predicted octanol–water partition coefficient (Wildman–Crippen LogP) is 2.26. The first-order valence-electron chi connectivity index (χ1n) is 10.8. The lowest BCUT2D eigenvalue weighted by Gasteiger charge is -2.36. The van der Waals surface area contributed by atoms with Crippen LogP contribution in [0.25, 0.3) is 0 Å². The summed E-state index contributed by atoms with van der Waals surface area (Å²) in [5, 5.41) is 3.32. The van der Waals surface area contributed by atoms with Gasteiger partial charge >= 0.3 is 6.01 Å². The number of likely N-dealkylation sites (tertiary alicyclic amines) is 1. The SMILES string of the molecule is CC(C)Oc1nc(C2C(=O)C(C)(C)N(C)C2(C)C)nc(N2C(=O)C(C)(C)NC2(C)C)n1. The molecule has 2 aliphatic heterocycles. The number of ether oxygens (including phenoxy) is 1. The van der Waals surface area contributed by atoms with Crippen molar-refractivity contribution >= 4 is 17.6 Å². The number of carbonyl (C=O) groups is 2. The first-order chi connectivity index (χ1) is 13.9. The van der Waals surface area contributed by atoms with Crippen LogP contribution in [-0.4, -0.2) is 67.0 Å². The fourth-order valence-electron chi connectivity index (χ4n) is 4.79. The predicted molar refractivity (Wildman–Crippen MR) is 118 cm³/mol. The van der Waals surface area contributed by atoms with Crippen LogP contribution in [0.15, 0.2) is 0 Å². The van der Waals surface area contributed by atoms with Gasteiger partial charge in [0, 0.05) is 5.54 Å². The molecule has 0 aliphatic carbocycles. The summed E-state index contributed by atoms with van der Waals surface area (Å²) < 4.78 is 5.81. The summed E-state index contributed by atoms with van der Waals surface area (Å²) in [5.74, 6) is -0.214. The van der Waals surface area contributed by atoms with Crippen LogP contribution >= 0.6 is 0 Å². The maximum atomic E-state index is 13.4. The van der Waals surface area contributed by atoms with Crippen molar-refractivity contribution in [3.8, 4) is 6.01 Å². The molecular weight excluding hydrogens is 396 g/mol. The third kappa shape index (κ3) is 3.61. The highest BCUT2D eigenvalue weighted by molar-refractivity contribution is 6.02. The first kappa shape index (κ1) is 23.5. The summed E-state index contributed by atoms with van der Waals surface area (Å²) >= 11 is 0. The molecule has 0 saturated carbocycles. The van der Waals surface area contributed by atoms with E-state index in [1.54, 1.807) is 0 Å². The van der Waals surface area contributed by atoms with Crippen LogP contribution in [0.1, 0.15) is 81.0 Å². The molecule has 0 radical (unpaired) electrons. The quantitative estimate of drug-likeness (QED) is 0.773. The van der Waals surface area contributed by atoms with E-state index in [-0.39, 0.29) is 29.8 Å². The van der Waals surface area contributed by atoms with Gasteiger partial charge in [0.05, 0.1) is 28.8 Å². The van der Waals surface area contributed by atoms with Gasteiger partial charge in [0.15, 0.2) is 5.78 Å². The molecule has 172 valence electrons. The fraction of sp³-hybridized carbons (Fsp3) is 0.773. The van der Waals surface area contributed by atoms with Gasteiger partial charge in [-0.1, -0.05) is 0 Å². The summed E-state index contributed by atoms with van der Waals surface area (Å²) in [6.45, 7) is 19.0. The number of hydrogen-bond acceptors (Lipinski definition) is 8. The number of carbonyl (C=O) groups excluding carboxylic acids is 2. The Morgan fingerprint density at radius 3 is 1.97 bits per heavy atom. The van der Waals surface area contributed by atoms with Crippen molar-refractivity contribution < 1.29 is 14.3 Å². The molecular formula is C22H36N6O3. The van der Waals surface area contributed by atoms with E-state index in [1.807, 2.05) is 76.3 Å². The minimum Gasteiger partial charge on any atom is -0.461 e. The Kier molecular flexibility index (Phi) is 5.26. The van der Waals surface area contributed by atoms with E-state index >= 15 is 0 Å². The second-order valence-electron chi connectivity index (χ2n) is 11.0. The van der Waals surface area contributed by atoms with Crippen LogP contribution in [0.5, 0.6) is 6.01 Å². The van der Waals surface area contributed by atoms with Crippen molar-refractivity contribution in [2.24, 2.45) is 0 Å². The number of amides is 1. The largest absolute Gasteiger partial charge is 0.461 e. The van der Waals surface area contributed by atoms with Crippen molar-refractivity contribution in [2.45, 2.75) is 104 Å². The van der Waals surface area contributed by atoms with E-state index in [9.17, 15) is 9.59 Å². The van der Waals surface area contributed by atoms with Gasteiger partial charge in [0.2, 0.25) is 5.95 Å². The van der Waals surface area contributed by atoms with Crippen LogP contribution < -0.4 is 15.0 Å². The average molecular weight is 433 g/mol. The molecule has 1 unspecified atom stereocenters. The molecule has 1 atom stereocenters. The molecule has 9 heteroatoms. The highest BCUT2D eigenvalue weighted by atomic mass is 16.5. The molecule has 2 fully saturated rings. The normalized spacial score (nSPS) is 26.7. The van der Waals surface area contributed by atoms with Gasteiger partial charge in [0.1, 0.15) is 5.82 Å². The lowest BCUT2D eigenvalue weighted by Crippen LogP contribution is -2.49. The van der Waals surface area contributed by atoms with Gasteiger partial charge in [-0.25, -0.2) is 0 Å². The summed E-state index contributed by atoms with van der Waals surface area (Å²) in [6.07, 6.45) is -0.175. The molecule has 1 aromatic rings. The summed E-state index contributed by atoms with van der Waals surface area (Å²) in [4.78, 5) is 43.9. The number of hydrogen-bond donors (Lipinski definition) is 1. The van der Waals surface area contributed by atoms with E-state index in [1.165, 1.54) is 4.90 Å². The highest BCUT2D eigenvalue weighted by Crippen LogP contribution is 2.46. The summed E-state index contributed by atoms with van der Waals surface area (Å²) in [7, 11) is 1.94. The number of anilines is 1. The van der Waals surface area contributed by atoms with Gasteiger partial charge in [0.25, 0.3) is 5.91 Å². The molecule has 1 N–H and O–H groups in total. The molecule has 3 heterocycles. The van der Waals surface area contributed by atoms with Gasteiger partial charge in [-0.05, 0) is 76.3 Å². The zero-order valence-corrected chi connectivity index (χ0v) is 20.6. The third-order valence-electron chi connectivity index (χ3n) is 6.61. The molecule has 3 rings (SSSR count). The maximum absolute atomic E-state index is 13.4. The van der Waals surface area contributed by atoms with E-state index in [2.05, 4.69) is 25.2 Å². The Morgan fingerprint density at radius 2 is 1.55 bits per heavy atom. The number of aromatic nitrogens is 3. The summed E-state index contributed by atoms with van der Waals surface area (Å²) in [6, 6.07) is 0.110. The smallest absolute Gasteiger partial charge is 0.321 e. The third-order valence-corrected chi connectivity index (χ3v) is 6.61. The summed E-state index contributed by atoms with van der Waals surface area (Å²) in [5.41, 5.74) is -2.71.